The SMILES string of the molecule is O=C(O)c1ccc(N=Cc2ccn(C3CCCC3)c2)cc1. The number of aliphatic imine (C=N–C) groups is 1. The van der Waals surface area contributed by atoms with Gasteiger partial charge in [-0.05, 0) is 43.2 Å². The first-order valence-electron chi connectivity index (χ1n) is 7.27. The van der Waals surface area contributed by atoms with Crippen molar-refractivity contribution in [3.05, 3.63) is 53.9 Å². The van der Waals surface area contributed by atoms with Crippen LogP contribution in [0.5, 0.6) is 0 Å². The van der Waals surface area contributed by atoms with E-state index in [1.165, 1.54) is 25.7 Å². The van der Waals surface area contributed by atoms with E-state index in [0.717, 1.165) is 11.3 Å². The van der Waals surface area contributed by atoms with Crippen molar-refractivity contribution in [2.75, 3.05) is 0 Å². The van der Waals surface area contributed by atoms with Gasteiger partial charge in [-0.15, -0.1) is 0 Å². The molecule has 1 fully saturated rings. The van der Waals surface area contributed by atoms with Gasteiger partial charge in [0.25, 0.3) is 0 Å². The second-order valence-electron chi connectivity index (χ2n) is 5.44. The minimum Gasteiger partial charge on any atom is -0.478 e. The Bertz CT molecular complexity index is 650. The van der Waals surface area contributed by atoms with Crippen LogP contribution < -0.4 is 0 Å². The first-order valence-corrected chi connectivity index (χ1v) is 7.27. The zero-order valence-electron chi connectivity index (χ0n) is 11.8. The Hall–Kier alpha value is -2.36. The third-order valence-electron chi connectivity index (χ3n) is 3.96. The van der Waals surface area contributed by atoms with Crippen molar-refractivity contribution >= 4 is 17.9 Å². The number of carbonyl (C=O) groups is 1. The average molecular weight is 282 g/mol. The fourth-order valence-electron chi connectivity index (χ4n) is 2.78. The molecule has 0 amide bonds. The number of nitrogens with zero attached hydrogens (tertiary/aromatic N) is 2. The molecule has 0 unspecified atom stereocenters. The fourth-order valence-corrected chi connectivity index (χ4v) is 2.78. The quantitative estimate of drug-likeness (QED) is 0.860. The van der Waals surface area contributed by atoms with Gasteiger partial charge >= 0.3 is 5.97 Å². The molecule has 3 rings (SSSR count). The number of aromatic carboxylic acids is 1. The van der Waals surface area contributed by atoms with Gasteiger partial charge in [0.2, 0.25) is 0 Å². The highest BCUT2D eigenvalue weighted by molar-refractivity contribution is 5.88. The fraction of sp³-hybridized carbons (Fsp3) is 0.294. The number of carboxylic acids is 1. The van der Waals surface area contributed by atoms with Gasteiger partial charge in [0.15, 0.2) is 0 Å². The lowest BCUT2D eigenvalue weighted by molar-refractivity contribution is 0.0697. The smallest absolute Gasteiger partial charge is 0.335 e. The summed E-state index contributed by atoms with van der Waals surface area (Å²) in [5.41, 5.74) is 2.11. The van der Waals surface area contributed by atoms with E-state index in [9.17, 15) is 4.79 Å². The average Bonchev–Trinajstić information content (AvgIpc) is 3.16. The van der Waals surface area contributed by atoms with Crippen molar-refractivity contribution < 1.29 is 9.90 Å². The van der Waals surface area contributed by atoms with Crippen molar-refractivity contribution in [2.24, 2.45) is 4.99 Å². The van der Waals surface area contributed by atoms with E-state index >= 15 is 0 Å². The van der Waals surface area contributed by atoms with E-state index in [1.54, 1.807) is 24.3 Å². The normalized spacial score (nSPS) is 15.8. The minimum atomic E-state index is -0.917. The number of benzene rings is 1. The van der Waals surface area contributed by atoms with Gasteiger partial charge < -0.3 is 9.67 Å². The summed E-state index contributed by atoms with van der Waals surface area (Å²) < 4.78 is 2.28. The van der Waals surface area contributed by atoms with Crippen LogP contribution >= 0.6 is 0 Å². The highest BCUT2D eigenvalue weighted by Gasteiger charge is 2.15. The Morgan fingerprint density at radius 3 is 2.57 bits per heavy atom. The van der Waals surface area contributed by atoms with Crippen LogP contribution in [0.1, 0.15) is 47.6 Å². The topological polar surface area (TPSA) is 54.6 Å². The van der Waals surface area contributed by atoms with Gasteiger partial charge in [0.05, 0.1) is 11.3 Å². The summed E-state index contributed by atoms with van der Waals surface area (Å²) in [5, 5.41) is 8.85. The summed E-state index contributed by atoms with van der Waals surface area (Å²) in [6.07, 6.45) is 11.2. The molecule has 1 aromatic heterocycles. The van der Waals surface area contributed by atoms with Gasteiger partial charge in [-0.3, -0.25) is 4.99 Å². The summed E-state index contributed by atoms with van der Waals surface area (Å²) in [5.74, 6) is -0.917. The van der Waals surface area contributed by atoms with E-state index < -0.39 is 5.97 Å². The number of aromatic nitrogens is 1. The van der Waals surface area contributed by atoms with Crippen LogP contribution in [0.4, 0.5) is 5.69 Å². The Balaban J connectivity index is 1.69. The molecule has 1 aliphatic rings. The number of hydrogen-bond donors (Lipinski definition) is 1. The minimum absolute atomic E-state index is 0.279. The molecule has 1 aliphatic carbocycles. The molecule has 4 nitrogen and oxygen atoms in total. The van der Waals surface area contributed by atoms with Crippen molar-refractivity contribution in [3.8, 4) is 0 Å². The Kier molecular flexibility index (Phi) is 3.86. The maximum atomic E-state index is 10.8. The summed E-state index contributed by atoms with van der Waals surface area (Å²) in [6.45, 7) is 0. The molecule has 1 heterocycles. The molecular weight excluding hydrogens is 264 g/mol. The van der Waals surface area contributed by atoms with Gasteiger partial charge in [0.1, 0.15) is 0 Å². The van der Waals surface area contributed by atoms with Crippen molar-refractivity contribution in [1.82, 2.24) is 4.57 Å². The predicted octanol–water partition coefficient (Wildman–Crippen LogP) is 4.05. The zero-order chi connectivity index (χ0) is 14.7. The lowest BCUT2D eigenvalue weighted by atomic mass is 10.2. The maximum Gasteiger partial charge on any atom is 0.335 e. The van der Waals surface area contributed by atoms with Crippen LogP contribution in [0.15, 0.2) is 47.7 Å². The molecule has 0 aliphatic heterocycles. The number of rotatable bonds is 4. The monoisotopic (exact) mass is 282 g/mol. The molecule has 21 heavy (non-hydrogen) atoms. The lowest BCUT2D eigenvalue weighted by Gasteiger charge is -2.10. The summed E-state index contributed by atoms with van der Waals surface area (Å²) in [7, 11) is 0. The summed E-state index contributed by atoms with van der Waals surface area (Å²) in [4.78, 5) is 15.2. The number of hydrogen-bond acceptors (Lipinski definition) is 2. The second kappa shape index (κ2) is 5.95. The molecule has 0 spiro atoms. The van der Waals surface area contributed by atoms with Crippen LogP contribution in [0, 0.1) is 0 Å². The van der Waals surface area contributed by atoms with Crippen LogP contribution in [-0.2, 0) is 0 Å². The molecule has 1 aromatic carbocycles. The van der Waals surface area contributed by atoms with Crippen LogP contribution in [0.2, 0.25) is 0 Å². The first-order chi connectivity index (χ1) is 10.2. The Labute approximate surface area is 123 Å². The van der Waals surface area contributed by atoms with E-state index in [4.69, 9.17) is 5.11 Å². The molecular formula is C17H18N2O2. The highest BCUT2D eigenvalue weighted by Crippen LogP contribution is 2.29. The third kappa shape index (κ3) is 3.21. The van der Waals surface area contributed by atoms with Crippen LogP contribution in [0.25, 0.3) is 0 Å². The van der Waals surface area contributed by atoms with E-state index in [2.05, 4.69) is 28.0 Å². The predicted molar refractivity (Wildman–Crippen MR) is 82.6 cm³/mol. The van der Waals surface area contributed by atoms with E-state index in [1.807, 2.05) is 6.21 Å². The van der Waals surface area contributed by atoms with Crippen molar-refractivity contribution in [2.45, 2.75) is 31.7 Å². The molecule has 1 saturated carbocycles. The first kappa shape index (κ1) is 13.6. The molecule has 1 N–H and O–H groups in total. The van der Waals surface area contributed by atoms with Crippen LogP contribution in [-0.4, -0.2) is 21.9 Å². The van der Waals surface area contributed by atoms with Crippen molar-refractivity contribution in [3.63, 3.8) is 0 Å². The van der Waals surface area contributed by atoms with Crippen molar-refractivity contribution in [1.29, 1.82) is 0 Å². The third-order valence-corrected chi connectivity index (χ3v) is 3.96. The van der Waals surface area contributed by atoms with Gasteiger partial charge in [-0.1, -0.05) is 12.8 Å². The van der Waals surface area contributed by atoms with E-state index in [-0.39, 0.29) is 5.56 Å². The molecule has 0 radical (unpaired) electrons. The molecule has 0 bridgehead atoms. The van der Waals surface area contributed by atoms with E-state index in [0.29, 0.717) is 6.04 Å². The van der Waals surface area contributed by atoms with Gasteiger partial charge in [-0.25, -0.2) is 4.79 Å². The molecule has 2 aromatic rings. The Morgan fingerprint density at radius 2 is 1.90 bits per heavy atom. The molecule has 0 saturated heterocycles. The lowest BCUT2D eigenvalue weighted by Crippen LogP contribution is -2.00. The standard InChI is InChI=1S/C17H18N2O2/c20-17(21)14-5-7-15(8-6-14)18-11-13-9-10-19(12-13)16-3-1-2-4-16/h5-12,16H,1-4H2,(H,20,21). The highest BCUT2D eigenvalue weighted by atomic mass is 16.4. The summed E-state index contributed by atoms with van der Waals surface area (Å²) in [6, 6.07) is 9.27. The van der Waals surface area contributed by atoms with Crippen LogP contribution in [0.3, 0.4) is 0 Å². The summed E-state index contributed by atoms with van der Waals surface area (Å²) >= 11 is 0. The molecule has 108 valence electrons. The maximum absolute atomic E-state index is 10.8. The largest absolute Gasteiger partial charge is 0.478 e. The van der Waals surface area contributed by atoms with Gasteiger partial charge in [0, 0.05) is 30.2 Å². The Morgan fingerprint density at radius 1 is 1.19 bits per heavy atom. The van der Waals surface area contributed by atoms with Gasteiger partial charge in [-0.2, -0.15) is 0 Å². The molecule has 0 atom stereocenters. The number of carboxylic acid groups (broad SMARTS) is 1. The molecule has 4 heteroatoms. The second-order valence-corrected chi connectivity index (χ2v) is 5.44. The zero-order valence-corrected chi connectivity index (χ0v) is 11.8.